The van der Waals surface area contributed by atoms with E-state index in [4.69, 9.17) is 5.26 Å². The van der Waals surface area contributed by atoms with Crippen molar-refractivity contribution >= 4 is 22.4 Å². The number of rotatable bonds is 2. The largest absolute Gasteiger partial charge is 0.329 e. The highest BCUT2D eigenvalue weighted by molar-refractivity contribution is 7.09. The average molecular weight is 230 g/mol. The highest BCUT2D eigenvalue weighted by Crippen LogP contribution is 2.22. The second kappa shape index (κ2) is 4.29. The second-order valence-corrected chi connectivity index (χ2v) is 4.18. The third kappa shape index (κ3) is 2.18. The fourth-order valence-corrected chi connectivity index (χ4v) is 1.91. The van der Waals surface area contributed by atoms with Crippen molar-refractivity contribution in [1.82, 2.24) is 9.36 Å². The topological polar surface area (TPSA) is 61.6 Å². The minimum Gasteiger partial charge on any atom is -0.329 e. The molecule has 0 saturated carbocycles. The molecule has 0 spiro atoms. The summed E-state index contributed by atoms with van der Waals surface area (Å²) in [6.07, 6.45) is 0. The summed E-state index contributed by atoms with van der Waals surface area (Å²) >= 11 is 1.29. The lowest BCUT2D eigenvalue weighted by molar-refractivity contribution is 1.17. The summed E-state index contributed by atoms with van der Waals surface area (Å²) in [7, 11) is 0. The van der Waals surface area contributed by atoms with Gasteiger partial charge in [0.25, 0.3) is 0 Å². The number of hydrogen-bond acceptors (Lipinski definition) is 5. The summed E-state index contributed by atoms with van der Waals surface area (Å²) in [4.78, 5) is 4.20. The van der Waals surface area contributed by atoms with E-state index in [-0.39, 0.29) is 0 Å². The lowest BCUT2D eigenvalue weighted by Gasteiger charge is -2.05. The van der Waals surface area contributed by atoms with Crippen molar-refractivity contribution in [2.24, 2.45) is 0 Å². The number of nitrogens with one attached hydrogen (secondary N) is 1. The maximum Gasteiger partial charge on any atom is 0.207 e. The Morgan fingerprint density at radius 2 is 2.19 bits per heavy atom. The van der Waals surface area contributed by atoms with Crippen molar-refractivity contribution in [3.05, 3.63) is 35.2 Å². The van der Waals surface area contributed by atoms with Gasteiger partial charge in [0.05, 0.1) is 11.3 Å². The molecule has 0 bridgehead atoms. The van der Waals surface area contributed by atoms with E-state index in [0.29, 0.717) is 10.7 Å². The van der Waals surface area contributed by atoms with E-state index in [1.165, 1.54) is 11.5 Å². The van der Waals surface area contributed by atoms with E-state index < -0.39 is 0 Å². The Morgan fingerprint density at radius 1 is 1.38 bits per heavy atom. The lowest BCUT2D eigenvalue weighted by Crippen LogP contribution is -1.93. The number of nitriles is 1. The van der Waals surface area contributed by atoms with Gasteiger partial charge in [-0.2, -0.15) is 9.64 Å². The fraction of sp³-hybridized carbons (Fsp3) is 0.182. The number of aryl methyl sites for hydroxylation is 2. The maximum absolute atomic E-state index is 8.97. The van der Waals surface area contributed by atoms with Crippen LogP contribution in [0.15, 0.2) is 18.2 Å². The number of hydrogen-bond donors (Lipinski definition) is 1. The Hall–Kier alpha value is -1.93. The lowest BCUT2D eigenvalue weighted by atomic mass is 10.1. The molecule has 1 N–H and O–H groups in total. The Kier molecular flexibility index (Phi) is 2.84. The van der Waals surface area contributed by atoms with Gasteiger partial charge in [-0.15, -0.1) is 0 Å². The standard InChI is InChI=1S/C11H10N4S/c1-7-3-4-9(6-12)10(5-7)14-11-13-8(2)15-16-11/h3-5H,1-2H3,(H,13,14,15). The molecule has 5 heteroatoms. The number of benzene rings is 1. The predicted molar refractivity (Wildman–Crippen MR) is 63.8 cm³/mol. The van der Waals surface area contributed by atoms with Crippen molar-refractivity contribution in [3.63, 3.8) is 0 Å². The molecule has 0 unspecified atom stereocenters. The normalized spacial score (nSPS) is 9.81. The molecule has 0 aliphatic rings. The second-order valence-electron chi connectivity index (χ2n) is 3.43. The summed E-state index contributed by atoms with van der Waals surface area (Å²) in [6, 6.07) is 7.78. The first-order valence-electron chi connectivity index (χ1n) is 4.77. The summed E-state index contributed by atoms with van der Waals surface area (Å²) < 4.78 is 4.08. The summed E-state index contributed by atoms with van der Waals surface area (Å²) in [6.45, 7) is 3.82. The van der Waals surface area contributed by atoms with Gasteiger partial charge in [-0.1, -0.05) is 6.07 Å². The van der Waals surface area contributed by atoms with Crippen LogP contribution in [0.25, 0.3) is 0 Å². The van der Waals surface area contributed by atoms with Crippen LogP contribution < -0.4 is 5.32 Å². The molecule has 0 atom stereocenters. The number of anilines is 2. The molecule has 0 aliphatic heterocycles. The van der Waals surface area contributed by atoms with E-state index in [9.17, 15) is 0 Å². The molecule has 0 radical (unpaired) electrons. The Bertz CT molecular complexity index is 553. The molecule has 1 heterocycles. The first-order chi connectivity index (χ1) is 7.69. The molecule has 2 aromatic rings. The van der Waals surface area contributed by atoms with Crippen LogP contribution in [0, 0.1) is 25.2 Å². The zero-order chi connectivity index (χ0) is 11.5. The molecule has 80 valence electrons. The summed E-state index contributed by atoms with van der Waals surface area (Å²) in [5.41, 5.74) is 2.49. The van der Waals surface area contributed by atoms with Crippen molar-refractivity contribution in [1.29, 1.82) is 5.26 Å². The van der Waals surface area contributed by atoms with Crippen LogP contribution in [0.2, 0.25) is 0 Å². The molecular weight excluding hydrogens is 220 g/mol. The summed E-state index contributed by atoms with van der Waals surface area (Å²) in [5.74, 6) is 0.735. The molecule has 1 aromatic carbocycles. The van der Waals surface area contributed by atoms with Crippen LogP contribution in [0.3, 0.4) is 0 Å². The molecular formula is C11H10N4S. The molecule has 0 saturated heterocycles. The quantitative estimate of drug-likeness (QED) is 0.861. The number of nitrogens with zero attached hydrogens (tertiary/aromatic N) is 3. The van der Waals surface area contributed by atoms with Gasteiger partial charge in [0.15, 0.2) is 0 Å². The highest BCUT2D eigenvalue weighted by Gasteiger charge is 2.05. The Labute approximate surface area is 97.7 Å². The minimum atomic E-state index is 0.610. The smallest absolute Gasteiger partial charge is 0.207 e. The Balaban J connectivity index is 2.34. The van der Waals surface area contributed by atoms with Gasteiger partial charge in [0, 0.05) is 11.5 Å². The third-order valence-corrected chi connectivity index (χ3v) is 2.79. The SMILES string of the molecule is Cc1ccc(C#N)c(Nc2nc(C)ns2)c1. The van der Waals surface area contributed by atoms with Gasteiger partial charge in [0.2, 0.25) is 5.13 Å². The van der Waals surface area contributed by atoms with Gasteiger partial charge in [-0.3, -0.25) is 0 Å². The van der Waals surface area contributed by atoms with Crippen molar-refractivity contribution in [3.8, 4) is 6.07 Å². The molecule has 2 rings (SSSR count). The van der Waals surface area contributed by atoms with Gasteiger partial charge in [0.1, 0.15) is 11.9 Å². The van der Waals surface area contributed by atoms with Crippen LogP contribution in [-0.2, 0) is 0 Å². The highest BCUT2D eigenvalue weighted by atomic mass is 32.1. The van der Waals surface area contributed by atoms with Crippen molar-refractivity contribution in [2.75, 3.05) is 5.32 Å². The van der Waals surface area contributed by atoms with Crippen molar-refractivity contribution < 1.29 is 0 Å². The monoisotopic (exact) mass is 230 g/mol. The van der Waals surface area contributed by atoms with Crippen LogP contribution in [0.1, 0.15) is 17.0 Å². The van der Waals surface area contributed by atoms with Gasteiger partial charge >= 0.3 is 0 Å². The van der Waals surface area contributed by atoms with Gasteiger partial charge in [-0.25, -0.2) is 4.98 Å². The Morgan fingerprint density at radius 3 is 2.81 bits per heavy atom. The van der Waals surface area contributed by atoms with Gasteiger partial charge in [-0.05, 0) is 31.5 Å². The van der Waals surface area contributed by atoms with E-state index in [1.54, 1.807) is 6.07 Å². The fourth-order valence-electron chi connectivity index (χ4n) is 1.32. The maximum atomic E-state index is 8.97. The minimum absolute atomic E-state index is 0.610. The zero-order valence-corrected chi connectivity index (χ0v) is 9.80. The van der Waals surface area contributed by atoms with Crippen LogP contribution in [-0.4, -0.2) is 9.36 Å². The van der Waals surface area contributed by atoms with E-state index in [2.05, 4.69) is 20.7 Å². The molecule has 0 fully saturated rings. The first-order valence-corrected chi connectivity index (χ1v) is 5.54. The van der Waals surface area contributed by atoms with E-state index in [1.807, 2.05) is 26.0 Å². The van der Waals surface area contributed by atoms with E-state index >= 15 is 0 Å². The molecule has 4 nitrogen and oxygen atoms in total. The van der Waals surface area contributed by atoms with Crippen molar-refractivity contribution in [2.45, 2.75) is 13.8 Å². The molecule has 0 aliphatic carbocycles. The van der Waals surface area contributed by atoms with Crippen LogP contribution in [0.4, 0.5) is 10.8 Å². The molecule has 0 amide bonds. The molecule has 1 aromatic heterocycles. The third-order valence-electron chi connectivity index (χ3n) is 2.06. The molecule has 16 heavy (non-hydrogen) atoms. The van der Waals surface area contributed by atoms with E-state index in [0.717, 1.165) is 17.1 Å². The predicted octanol–water partition coefficient (Wildman–Crippen LogP) is 2.77. The van der Waals surface area contributed by atoms with Crippen LogP contribution >= 0.6 is 11.5 Å². The van der Waals surface area contributed by atoms with Crippen LogP contribution in [0.5, 0.6) is 0 Å². The van der Waals surface area contributed by atoms with Gasteiger partial charge < -0.3 is 5.32 Å². The zero-order valence-electron chi connectivity index (χ0n) is 8.98. The summed E-state index contributed by atoms with van der Waals surface area (Å²) in [5, 5.41) is 12.8. The first kappa shape index (κ1) is 10.6. The average Bonchev–Trinajstić information content (AvgIpc) is 2.64. The number of aromatic nitrogens is 2.